The van der Waals surface area contributed by atoms with Gasteiger partial charge in [0.25, 0.3) is 0 Å². The second-order valence-corrected chi connectivity index (χ2v) is 24.8. The van der Waals surface area contributed by atoms with Gasteiger partial charge in [0.1, 0.15) is 16.5 Å². The van der Waals surface area contributed by atoms with Crippen molar-refractivity contribution in [3.05, 3.63) is 0 Å². The van der Waals surface area contributed by atoms with Crippen molar-refractivity contribution < 1.29 is 2.85 Å². The molecule has 116 valence electrons. The Morgan fingerprint density at radius 2 is 0.789 bits per heavy atom. The fourth-order valence-electron chi connectivity index (χ4n) is 1.55. The monoisotopic (exact) mass is 348 g/mol. The summed E-state index contributed by atoms with van der Waals surface area (Å²) < 4.78 is 5.26. The molecule has 0 spiro atoms. The maximum absolute atomic E-state index is 2.63. The third-order valence-electron chi connectivity index (χ3n) is 3.67. The van der Waals surface area contributed by atoms with Crippen LogP contribution in [0.1, 0.15) is 2.85 Å². The molecule has 0 aromatic rings. The Labute approximate surface area is 148 Å². The van der Waals surface area contributed by atoms with Crippen molar-refractivity contribution in [1.82, 2.24) is 8.46 Å². The molecule has 0 aromatic heterocycles. The fraction of sp³-hybridized carbons (Fsp3) is 1.00. The maximum atomic E-state index is 2.63. The molecule has 2 nitrogen and oxygen atoms in total. The van der Waals surface area contributed by atoms with Gasteiger partial charge in [0.2, 0.25) is 0 Å². The summed E-state index contributed by atoms with van der Waals surface area (Å²) in [4.78, 5) is 0. The first-order valence-corrected chi connectivity index (χ1v) is 19.7. The Hall–Kier alpha value is 1.55. The van der Waals surface area contributed by atoms with E-state index in [2.05, 4.69) is 88.0 Å². The standard InChI is InChI=1S/2C6H19NSi2.Mg.2H/c2*1-7(8(2)3)9(4,5)6;;;/h2*8H,1-6H3;;;/q;;+2;2*-1. The summed E-state index contributed by atoms with van der Waals surface area (Å²) in [6, 6.07) is 0. The van der Waals surface area contributed by atoms with Gasteiger partial charge in [0, 0.05) is 0 Å². The molecule has 0 unspecified atom stereocenters. The molecule has 0 aliphatic rings. The van der Waals surface area contributed by atoms with Crippen LogP contribution in [0.2, 0.25) is 65.5 Å². The minimum atomic E-state index is -0.929. The molecule has 0 heterocycles. The van der Waals surface area contributed by atoms with Crippen molar-refractivity contribution >= 4 is 57.4 Å². The quantitative estimate of drug-likeness (QED) is 0.719. The predicted molar refractivity (Wildman–Crippen MR) is 108 cm³/mol. The van der Waals surface area contributed by atoms with Crippen molar-refractivity contribution in [3.63, 3.8) is 0 Å². The van der Waals surface area contributed by atoms with Crippen molar-refractivity contribution in [3.8, 4) is 0 Å². The molecule has 0 aliphatic carbocycles. The average Bonchev–Trinajstić information content (AvgIpc) is 2.13. The predicted octanol–water partition coefficient (Wildman–Crippen LogP) is 3.32. The normalized spacial score (nSPS) is 12.6. The molecular weight excluding hydrogens is 309 g/mol. The fourth-order valence-corrected chi connectivity index (χ4v) is 13.9. The third-order valence-corrected chi connectivity index (χ3v) is 18.7. The zero-order valence-corrected chi connectivity index (χ0v) is 21.5. The Morgan fingerprint density at radius 1 is 0.632 bits per heavy atom. The van der Waals surface area contributed by atoms with Gasteiger partial charge in [0.05, 0.1) is 17.9 Å². The first-order chi connectivity index (χ1) is 7.71. The van der Waals surface area contributed by atoms with Crippen molar-refractivity contribution in [2.75, 3.05) is 14.1 Å². The molecule has 19 heavy (non-hydrogen) atoms. The van der Waals surface area contributed by atoms with Gasteiger partial charge < -0.3 is 11.3 Å². The van der Waals surface area contributed by atoms with Gasteiger partial charge >= 0.3 is 23.1 Å². The Morgan fingerprint density at radius 3 is 0.789 bits per heavy atom. The van der Waals surface area contributed by atoms with E-state index in [1.807, 2.05) is 0 Å². The van der Waals surface area contributed by atoms with E-state index >= 15 is 0 Å². The molecule has 0 bridgehead atoms. The van der Waals surface area contributed by atoms with E-state index in [-0.39, 0.29) is 25.9 Å². The first-order valence-electron chi connectivity index (χ1n) is 7.17. The molecule has 0 amide bonds. The van der Waals surface area contributed by atoms with Crippen molar-refractivity contribution in [1.29, 1.82) is 0 Å². The van der Waals surface area contributed by atoms with Crippen LogP contribution >= 0.6 is 0 Å². The van der Waals surface area contributed by atoms with Gasteiger partial charge in [-0.1, -0.05) is 65.5 Å². The van der Waals surface area contributed by atoms with Crippen LogP contribution in [0.4, 0.5) is 0 Å². The SMILES string of the molecule is CN([SiH](C)C)[Si](C)(C)C.CN([SiH](C)C)[Si](C)(C)C.[H-].[H-].[Mg+2]. The van der Waals surface area contributed by atoms with E-state index in [4.69, 9.17) is 0 Å². The van der Waals surface area contributed by atoms with Crippen LogP contribution in [-0.4, -0.2) is 80.0 Å². The van der Waals surface area contributed by atoms with Crippen LogP contribution in [0.25, 0.3) is 0 Å². The minimum absolute atomic E-state index is 0. The Kier molecular flexibility index (Phi) is 13.8. The van der Waals surface area contributed by atoms with Gasteiger partial charge in [-0.25, -0.2) is 0 Å². The van der Waals surface area contributed by atoms with Crippen LogP contribution in [0, 0.1) is 0 Å². The van der Waals surface area contributed by atoms with Gasteiger partial charge in [-0.3, -0.25) is 0 Å². The van der Waals surface area contributed by atoms with Crippen LogP contribution in [0.3, 0.4) is 0 Å². The topological polar surface area (TPSA) is 6.48 Å². The molecule has 0 saturated heterocycles. The first kappa shape index (κ1) is 25.5. The number of hydrogen-bond donors (Lipinski definition) is 0. The van der Waals surface area contributed by atoms with E-state index < -0.39 is 34.4 Å². The molecule has 0 aromatic carbocycles. The molecule has 0 atom stereocenters. The van der Waals surface area contributed by atoms with Crippen molar-refractivity contribution in [2.45, 2.75) is 65.5 Å². The summed E-state index contributed by atoms with van der Waals surface area (Å²) in [6.45, 7) is 24.0. The number of rotatable bonds is 4. The van der Waals surface area contributed by atoms with E-state index in [0.717, 1.165) is 0 Å². The summed E-state index contributed by atoms with van der Waals surface area (Å²) in [7, 11) is 1.72. The zero-order chi connectivity index (χ0) is 15.3. The van der Waals surface area contributed by atoms with Crippen molar-refractivity contribution in [2.24, 2.45) is 0 Å². The van der Waals surface area contributed by atoms with Gasteiger partial charge in [-0.05, 0) is 14.1 Å². The molecule has 0 N–H and O–H groups in total. The smallest absolute Gasteiger partial charge is 1.00 e. The average molecular weight is 349 g/mol. The van der Waals surface area contributed by atoms with E-state index in [0.29, 0.717) is 0 Å². The van der Waals surface area contributed by atoms with Gasteiger partial charge in [0.15, 0.2) is 0 Å². The van der Waals surface area contributed by atoms with Crippen LogP contribution in [0.15, 0.2) is 0 Å². The summed E-state index contributed by atoms with van der Waals surface area (Å²) >= 11 is 0. The molecule has 0 fully saturated rings. The Balaban J connectivity index is -0.0000000711. The number of nitrogens with zero attached hydrogens (tertiary/aromatic N) is 2. The molecule has 0 saturated carbocycles. The van der Waals surface area contributed by atoms with Crippen LogP contribution in [-0.2, 0) is 0 Å². The molecule has 0 rings (SSSR count). The number of hydrogen-bond acceptors (Lipinski definition) is 2. The summed E-state index contributed by atoms with van der Waals surface area (Å²) in [5, 5.41) is 0. The second kappa shape index (κ2) is 10.3. The summed E-state index contributed by atoms with van der Waals surface area (Å²) in [5.41, 5.74) is 0. The van der Waals surface area contributed by atoms with Gasteiger partial charge in [-0.2, -0.15) is 0 Å². The van der Waals surface area contributed by atoms with Crippen LogP contribution < -0.4 is 0 Å². The van der Waals surface area contributed by atoms with E-state index in [1.165, 1.54) is 0 Å². The zero-order valence-electron chi connectivity index (χ0n) is 17.8. The van der Waals surface area contributed by atoms with Gasteiger partial charge in [-0.15, -0.1) is 0 Å². The molecular formula is C12H40MgN2Si4. The second-order valence-electron chi connectivity index (χ2n) is 7.75. The van der Waals surface area contributed by atoms with E-state index in [9.17, 15) is 0 Å². The summed E-state index contributed by atoms with van der Waals surface area (Å²) in [5.74, 6) is 0. The van der Waals surface area contributed by atoms with Crippen LogP contribution in [0.5, 0.6) is 0 Å². The molecule has 7 heteroatoms. The molecule has 0 aliphatic heterocycles. The minimum Gasteiger partial charge on any atom is -1.00 e. The van der Waals surface area contributed by atoms with E-state index in [1.54, 1.807) is 0 Å². The Bertz CT molecular complexity index is 210. The maximum Gasteiger partial charge on any atom is 2.00 e. The summed E-state index contributed by atoms with van der Waals surface area (Å²) in [6.07, 6.45) is 0. The third kappa shape index (κ3) is 13.0. The molecule has 0 radical (unpaired) electrons. The largest absolute Gasteiger partial charge is 2.00 e.